The minimum atomic E-state index is -0.996. The van der Waals surface area contributed by atoms with Crippen LogP contribution in [0.5, 0.6) is 0 Å². The van der Waals surface area contributed by atoms with Crippen molar-refractivity contribution in [2.45, 2.75) is 12.6 Å². The van der Waals surface area contributed by atoms with Crippen molar-refractivity contribution < 1.29 is 18.7 Å². The number of aliphatic hydroxyl groups excluding tert-OH is 1. The highest BCUT2D eigenvalue weighted by molar-refractivity contribution is 6.32. The number of aliphatic hydroxyl groups is 1. The monoisotopic (exact) mass is 423 g/mol. The van der Waals surface area contributed by atoms with Crippen LogP contribution in [-0.2, 0) is 11.3 Å². The Hall–Kier alpha value is -3.31. The number of carbonyl (C=O) groups excluding carboxylic acids is 1. The van der Waals surface area contributed by atoms with E-state index in [1.54, 1.807) is 0 Å². The number of nitrogens with zero attached hydrogens (tertiary/aromatic N) is 4. The molecule has 1 unspecified atom stereocenters. The summed E-state index contributed by atoms with van der Waals surface area (Å²) < 4.78 is 28.8. The second-order valence-corrected chi connectivity index (χ2v) is 6.36. The van der Waals surface area contributed by atoms with E-state index in [2.05, 4.69) is 25.7 Å². The molecular formula is C17H16ClF2N7O2. The van der Waals surface area contributed by atoms with Gasteiger partial charge >= 0.3 is 0 Å². The summed E-state index contributed by atoms with van der Waals surface area (Å²) >= 11 is 6.09. The molecule has 0 radical (unpaired) electrons. The number of nitrogens with one attached hydrogen (secondary N) is 2. The Morgan fingerprint density at radius 2 is 2.14 bits per heavy atom. The first-order valence-electron chi connectivity index (χ1n) is 8.28. The molecule has 12 heteroatoms. The Balaban J connectivity index is 1.80. The summed E-state index contributed by atoms with van der Waals surface area (Å²) in [4.78, 5) is 19.1. The largest absolute Gasteiger partial charge is 0.394 e. The first-order valence-corrected chi connectivity index (χ1v) is 8.66. The number of anilines is 3. The number of rotatable bonds is 8. The van der Waals surface area contributed by atoms with Gasteiger partial charge in [-0.05, 0) is 18.2 Å². The van der Waals surface area contributed by atoms with Crippen LogP contribution in [0.3, 0.4) is 0 Å². The van der Waals surface area contributed by atoms with Crippen molar-refractivity contribution in [3.8, 4) is 0 Å². The third-order valence-corrected chi connectivity index (χ3v) is 4.05. The number of halogens is 3. The average Bonchev–Trinajstić information content (AvgIpc) is 3.10. The van der Waals surface area contributed by atoms with Gasteiger partial charge in [0.1, 0.15) is 23.2 Å². The fourth-order valence-corrected chi connectivity index (χ4v) is 2.65. The standard InChI is InChI=1S/C17H16ClF2N7O2/c18-12-5-22-17(24-10-4-23-27(6-10)7-15(21)29)26-16(12)25-14(8-28)11-3-9(19)1-2-13(11)20/h1-6,14,28H,7-8H2,(H2,21,29)(H2,22,24,25,26). The van der Waals surface area contributed by atoms with Crippen LogP contribution in [0.2, 0.25) is 5.02 Å². The predicted octanol–water partition coefficient (Wildman–Crippen LogP) is 1.98. The molecule has 0 aliphatic rings. The lowest BCUT2D eigenvalue weighted by atomic mass is 10.1. The van der Waals surface area contributed by atoms with E-state index < -0.39 is 30.2 Å². The van der Waals surface area contributed by atoms with Gasteiger partial charge in [-0.25, -0.2) is 13.8 Å². The van der Waals surface area contributed by atoms with Crippen molar-refractivity contribution in [1.82, 2.24) is 19.7 Å². The van der Waals surface area contributed by atoms with Crippen LogP contribution in [0.15, 0.2) is 36.8 Å². The highest BCUT2D eigenvalue weighted by Gasteiger charge is 2.18. The van der Waals surface area contributed by atoms with Gasteiger partial charge in [0.2, 0.25) is 11.9 Å². The van der Waals surface area contributed by atoms with E-state index in [0.29, 0.717) is 5.69 Å². The Morgan fingerprint density at radius 3 is 2.86 bits per heavy atom. The summed E-state index contributed by atoms with van der Waals surface area (Å²) in [5.41, 5.74) is 5.51. The van der Waals surface area contributed by atoms with Gasteiger partial charge in [-0.3, -0.25) is 9.48 Å². The first kappa shape index (κ1) is 20.4. The minimum Gasteiger partial charge on any atom is -0.394 e. The molecular weight excluding hydrogens is 408 g/mol. The zero-order valence-electron chi connectivity index (χ0n) is 14.8. The molecule has 5 N–H and O–H groups in total. The van der Waals surface area contributed by atoms with Crippen molar-refractivity contribution in [2.75, 3.05) is 17.2 Å². The van der Waals surface area contributed by atoms with E-state index in [-0.39, 0.29) is 28.9 Å². The molecule has 0 aliphatic carbocycles. The highest BCUT2D eigenvalue weighted by atomic mass is 35.5. The van der Waals surface area contributed by atoms with Crippen LogP contribution in [0.25, 0.3) is 0 Å². The number of nitrogens with two attached hydrogens (primary N) is 1. The second kappa shape index (κ2) is 8.80. The fourth-order valence-electron chi connectivity index (χ4n) is 2.50. The van der Waals surface area contributed by atoms with Gasteiger partial charge in [-0.2, -0.15) is 10.1 Å². The van der Waals surface area contributed by atoms with Crippen molar-refractivity contribution in [3.05, 3.63) is 59.0 Å². The van der Waals surface area contributed by atoms with E-state index in [0.717, 1.165) is 18.2 Å². The summed E-state index contributed by atoms with van der Waals surface area (Å²) in [6.45, 7) is -0.628. The van der Waals surface area contributed by atoms with Gasteiger partial charge in [0, 0.05) is 11.8 Å². The number of hydrogen-bond donors (Lipinski definition) is 4. The van der Waals surface area contributed by atoms with Crippen LogP contribution in [0.4, 0.5) is 26.2 Å². The Morgan fingerprint density at radius 1 is 1.34 bits per heavy atom. The molecule has 1 aromatic carbocycles. The molecule has 1 amide bonds. The summed E-state index contributed by atoms with van der Waals surface area (Å²) in [7, 11) is 0. The number of benzene rings is 1. The van der Waals surface area contributed by atoms with Gasteiger partial charge in [-0.15, -0.1) is 0 Å². The molecule has 0 spiro atoms. The Kier molecular flexibility index (Phi) is 6.20. The zero-order chi connectivity index (χ0) is 21.0. The third kappa shape index (κ3) is 5.15. The Bertz CT molecular complexity index is 1030. The van der Waals surface area contributed by atoms with E-state index in [4.69, 9.17) is 17.3 Å². The lowest BCUT2D eigenvalue weighted by Crippen LogP contribution is -2.18. The summed E-state index contributed by atoms with van der Waals surface area (Å²) in [6.07, 6.45) is 4.25. The Labute approximate surface area is 168 Å². The van der Waals surface area contributed by atoms with Crippen molar-refractivity contribution in [3.63, 3.8) is 0 Å². The smallest absolute Gasteiger partial charge is 0.239 e. The van der Waals surface area contributed by atoms with Gasteiger partial charge < -0.3 is 21.5 Å². The maximum absolute atomic E-state index is 14.0. The molecule has 3 aromatic rings. The molecule has 9 nitrogen and oxygen atoms in total. The van der Waals surface area contributed by atoms with Crippen LogP contribution in [-0.4, -0.2) is 37.4 Å². The van der Waals surface area contributed by atoms with Gasteiger partial charge in [0.25, 0.3) is 0 Å². The van der Waals surface area contributed by atoms with E-state index in [1.807, 2.05) is 0 Å². The maximum atomic E-state index is 14.0. The van der Waals surface area contributed by atoms with Crippen LogP contribution in [0.1, 0.15) is 11.6 Å². The topological polar surface area (TPSA) is 131 Å². The average molecular weight is 424 g/mol. The van der Waals surface area contributed by atoms with Gasteiger partial charge in [-0.1, -0.05) is 11.6 Å². The number of hydrogen-bond acceptors (Lipinski definition) is 7. The quantitative estimate of drug-likeness (QED) is 0.435. The van der Waals surface area contributed by atoms with E-state index in [1.165, 1.54) is 23.3 Å². The van der Waals surface area contributed by atoms with Crippen LogP contribution < -0.4 is 16.4 Å². The SMILES string of the molecule is NC(=O)Cn1cc(Nc2ncc(Cl)c(NC(CO)c3cc(F)ccc3F)n2)cn1. The number of carbonyl (C=O) groups is 1. The molecule has 2 aromatic heterocycles. The molecule has 29 heavy (non-hydrogen) atoms. The highest BCUT2D eigenvalue weighted by Crippen LogP contribution is 2.27. The van der Waals surface area contributed by atoms with Crippen molar-refractivity contribution in [1.29, 1.82) is 0 Å². The minimum absolute atomic E-state index is 0.0792. The first-order chi connectivity index (χ1) is 13.9. The van der Waals surface area contributed by atoms with Crippen LogP contribution in [0, 0.1) is 11.6 Å². The lowest BCUT2D eigenvalue weighted by molar-refractivity contribution is -0.118. The molecule has 0 bridgehead atoms. The van der Waals surface area contributed by atoms with E-state index >= 15 is 0 Å². The molecule has 152 valence electrons. The number of primary amides is 1. The summed E-state index contributed by atoms with van der Waals surface area (Å²) in [5.74, 6) is -1.68. The van der Waals surface area contributed by atoms with Gasteiger partial charge in [0.15, 0.2) is 5.82 Å². The molecule has 0 aliphatic heterocycles. The van der Waals surface area contributed by atoms with Crippen molar-refractivity contribution in [2.24, 2.45) is 5.73 Å². The van der Waals surface area contributed by atoms with E-state index in [9.17, 15) is 18.7 Å². The number of aromatic nitrogens is 4. The molecule has 0 fully saturated rings. The molecule has 1 atom stereocenters. The maximum Gasteiger partial charge on any atom is 0.239 e. The molecule has 3 rings (SSSR count). The molecule has 0 saturated carbocycles. The second-order valence-electron chi connectivity index (χ2n) is 5.95. The summed E-state index contributed by atoms with van der Waals surface area (Å²) in [5, 5.41) is 19.3. The summed E-state index contributed by atoms with van der Waals surface area (Å²) in [6, 6.07) is 1.92. The lowest BCUT2D eigenvalue weighted by Gasteiger charge is -2.19. The van der Waals surface area contributed by atoms with Gasteiger partial charge in [0.05, 0.1) is 30.7 Å². The molecule has 2 heterocycles. The third-order valence-electron chi connectivity index (χ3n) is 3.78. The predicted molar refractivity (Wildman–Crippen MR) is 102 cm³/mol. The van der Waals surface area contributed by atoms with Crippen molar-refractivity contribution >= 4 is 35.0 Å². The molecule has 0 saturated heterocycles. The fraction of sp³-hybridized carbons (Fsp3) is 0.176. The normalized spacial score (nSPS) is 11.9. The zero-order valence-corrected chi connectivity index (χ0v) is 15.6. The van der Waals surface area contributed by atoms with Crippen LogP contribution >= 0.6 is 11.6 Å². The number of amides is 1.